The van der Waals surface area contributed by atoms with E-state index in [1.54, 1.807) is 25.3 Å². The first-order valence-corrected chi connectivity index (χ1v) is 6.95. The van der Waals surface area contributed by atoms with Crippen molar-refractivity contribution in [2.45, 2.75) is 30.5 Å². The SMILES string of the molecule is COCCC(C)Nc1ccccc1SCC(F)(F)F. The molecule has 108 valence electrons. The molecule has 0 spiro atoms. The molecule has 0 aliphatic heterocycles. The summed E-state index contributed by atoms with van der Waals surface area (Å²) in [6.07, 6.45) is -3.35. The molecule has 1 rings (SSSR count). The molecule has 0 radical (unpaired) electrons. The zero-order valence-corrected chi connectivity index (χ0v) is 11.8. The summed E-state index contributed by atoms with van der Waals surface area (Å²) in [4.78, 5) is 0.615. The molecule has 0 saturated heterocycles. The van der Waals surface area contributed by atoms with Crippen molar-refractivity contribution in [2.24, 2.45) is 0 Å². The summed E-state index contributed by atoms with van der Waals surface area (Å²) < 4.78 is 41.7. The van der Waals surface area contributed by atoms with Crippen molar-refractivity contribution in [1.29, 1.82) is 0 Å². The van der Waals surface area contributed by atoms with Crippen LogP contribution < -0.4 is 5.32 Å². The van der Waals surface area contributed by atoms with E-state index in [9.17, 15) is 13.2 Å². The summed E-state index contributed by atoms with van der Waals surface area (Å²) in [5.41, 5.74) is 0.736. The van der Waals surface area contributed by atoms with Gasteiger partial charge in [-0.05, 0) is 25.5 Å². The summed E-state index contributed by atoms with van der Waals surface area (Å²) in [5.74, 6) is -0.877. The number of thioether (sulfide) groups is 1. The Labute approximate surface area is 115 Å². The molecule has 2 nitrogen and oxygen atoms in total. The average Bonchev–Trinajstić information content (AvgIpc) is 2.34. The third kappa shape index (κ3) is 6.73. The number of halogens is 3. The van der Waals surface area contributed by atoms with Gasteiger partial charge >= 0.3 is 6.18 Å². The fourth-order valence-corrected chi connectivity index (χ4v) is 2.28. The molecule has 19 heavy (non-hydrogen) atoms. The second-order valence-electron chi connectivity index (χ2n) is 4.23. The maximum atomic E-state index is 12.2. The fourth-order valence-electron chi connectivity index (χ4n) is 1.50. The standard InChI is InChI=1S/C13H18F3NOS/c1-10(7-8-18-2)17-11-5-3-4-6-12(11)19-9-13(14,15)16/h3-6,10,17H,7-9H2,1-2H3. The van der Waals surface area contributed by atoms with Crippen LogP contribution in [0.5, 0.6) is 0 Å². The number of alkyl halides is 3. The number of anilines is 1. The Morgan fingerprint density at radius 2 is 2.00 bits per heavy atom. The molecule has 0 aliphatic rings. The van der Waals surface area contributed by atoms with Gasteiger partial charge < -0.3 is 10.1 Å². The average molecular weight is 293 g/mol. The van der Waals surface area contributed by atoms with Crippen molar-refractivity contribution in [3.63, 3.8) is 0 Å². The van der Waals surface area contributed by atoms with Crippen molar-refractivity contribution in [1.82, 2.24) is 0 Å². The molecule has 0 saturated carbocycles. The zero-order chi connectivity index (χ0) is 14.3. The smallest absolute Gasteiger partial charge is 0.385 e. The minimum absolute atomic E-state index is 0.146. The lowest BCUT2D eigenvalue weighted by Gasteiger charge is -2.18. The minimum atomic E-state index is -4.15. The first-order chi connectivity index (χ1) is 8.92. The van der Waals surface area contributed by atoms with Gasteiger partial charge in [0.1, 0.15) is 0 Å². The first-order valence-electron chi connectivity index (χ1n) is 5.96. The van der Waals surface area contributed by atoms with Crippen LogP contribution in [0.4, 0.5) is 18.9 Å². The predicted octanol–water partition coefficient (Wildman–Crippen LogP) is 4.18. The maximum absolute atomic E-state index is 12.2. The van der Waals surface area contributed by atoms with Gasteiger partial charge in [-0.15, -0.1) is 11.8 Å². The monoisotopic (exact) mass is 293 g/mol. The van der Waals surface area contributed by atoms with Crippen molar-refractivity contribution >= 4 is 17.4 Å². The summed E-state index contributed by atoms with van der Waals surface area (Å²) in [6.45, 7) is 2.59. The van der Waals surface area contributed by atoms with Gasteiger partial charge in [0.25, 0.3) is 0 Å². The third-order valence-electron chi connectivity index (χ3n) is 2.44. The van der Waals surface area contributed by atoms with Crippen LogP contribution in [0.25, 0.3) is 0 Å². The van der Waals surface area contributed by atoms with E-state index >= 15 is 0 Å². The van der Waals surface area contributed by atoms with Crippen LogP contribution in [0.3, 0.4) is 0 Å². The van der Waals surface area contributed by atoms with Gasteiger partial charge in [-0.3, -0.25) is 0 Å². The number of hydrogen-bond donors (Lipinski definition) is 1. The van der Waals surface area contributed by atoms with Crippen molar-refractivity contribution in [3.8, 4) is 0 Å². The van der Waals surface area contributed by atoms with E-state index in [2.05, 4.69) is 5.32 Å². The highest BCUT2D eigenvalue weighted by Gasteiger charge is 2.27. The van der Waals surface area contributed by atoms with Crippen molar-refractivity contribution in [2.75, 3.05) is 24.8 Å². The van der Waals surface area contributed by atoms with E-state index in [0.29, 0.717) is 11.5 Å². The Morgan fingerprint density at radius 3 is 2.63 bits per heavy atom. The highest BCUT2D eigenvalue weighted by Crippen LogP contribution is 2.32. The molecule has 0 amide bonds. The summed E-state index contributed by atoms with van der Waals surface area (Å²) in [7, 11) is 1.62. The molecular weight excluding hydrogens is 275 g/mol. The van der Waals surface area contributed by atoms with Crippen LogP contribution >= 0.6 is 11.8 Å². The molecule has 0 aliphatic carbocycles. The lowest BCUT2D eigenvalue weighted by molar-refractivity contribution is -0.105. The highest BCUT2D eigenvalue weighted by atomic mass is 32.2. The Bertz CT molecular complexity index is 384. The summed E-state index contributed by atoms with van der Waals surface area (Å²) in [6, 6.07) is 7.18. The van der Waals surface area contributed by atoms with Gasteiger partial charge in [-0.1, -0.05) is 12.1 Å². The number of benzene rings is 1. The number of methoxy groups -OCH3 is 1. The minimum Gasteiger partial charge on any atom is -0.385 e. The van der Waals surface area contributed by atoms with Crippen LogP contribution in [-0.2, 0) is 4.74 Å². The maximum Gasteiger partial charge on any atom is 0.398 e. The Kier molecular flexibility index (Phi) is 6.51. The van der Waals surface area contributed by atoms with E-state index in [4.69, 9.17) is 4.74 Å². The van der Waals surface area contributed by atoms with Crippen LogP contribution in [0.2, 0.25) is 0 Å². The van der Waals surface area contributed by atoms with Gasteiger partial charge in [-0.2, -0.15) is 13.2 Å². The number of nitrogens with one attached hydrogen (secondary N) is 1. The molecule has 0 fully saturated rings. The zero-order valence-electron chi connectivity index (χ0n) is 11.0. The highest BCUT2D eigenvalue weighted by molar-refractivity contribution is 7.99. The topological polar surface area (TPSA) is 21.3 Å². The van der Waals surface area contributed by atoms with E-state index in [-0.39, 0.29) is 6.04 Å². The molecule has 1 aromatic rings. The lowest BCUT2D eigenvalue weighted by atomic mass is 10.2. The van der Waals surface area contributed by atoms with E-state index < -0.39 is 11.9 Å². The van der Waals surface area contributed by atoms with E-state index in [1.165, 1.54) is 0 Å². The number of hydrogen-bond acceptors (Lipinski definition) is 3. The van der Waals surface area contributed by atoms with Gasteiger partial charge in [-0.25, -0.2) is 0 Å². The molecule has 0 aromatic heterocycles. The van der Waals surface area contributed by atoms with Crippen LogP contribution in [0.1, 0.15) is 13.3 Å². The quantitative estimate of drug-likeness (QED) is 0.762. The fraction of sp³-hybridized carbons (Fsp3) is 0.538. The first kappa shape index (κ1) is 16.2. The Morgan fingerprint density at radius 1 is 1.32 bits per heavy atom. The van der Waals surface area contributed by atoms with Crippen LogP contribution in [-0.4, -0.2) is 31.7 Å². The molecule has 1 unspecified atom stereocenters. The summed E-state index contributed by atoms with van der Waals surface area (Å²) >= 11 is 0.801. The second-order valence-corrected chi connectivity index (χ2v) is 5.24. The largest absolute Gasteiger partial charge is 0.398 e. The summed E-state index contributed by atoms with van der Waals surface area (Å²) in [5, 5.41) is 3.21. The number of ether oxygens (including phenoxy) is 1. The second kappa shape index (κ2) is 7.65. The molecular formula is C13H18F3NOS. The van der Waals surface area contributed by atoms with E-state index in [1.807, 2.05) is 13.0 Å². The molecule has 1 atom stereocenters. The van der Waals surface area contributed by atoms with Gasteiger partial charge in [0.05, 0.1) is 5.75 Å². The Balaban J connectivity index is 2.62. The van der Waals surface area contributed by atoms with Gasteiger partial charge in [0, 0.05) is 30.3 Å². The molecule has 6 heteroatoms. The number of para-hydroxylation sites is 1. The lowest BCUT2D eigenvalue weighted by Crippen LogP contribution is -2.18. The predicted molar refractivity (Wildman–Crippen MR) is 72.8 cm³/mol. The Hall–Kier alpha value is -0.880. The molecule has 0 heterocycles. The van der Waals surface area contributed by atoms with Gasteiger partial charge in [0.15, 0.2) is 0 Å². The molecule has 1 aromatic carbocycles. The van der Waals surface area contributed by atoms with Crippen molar-refractivity contribution < 1.29 is 17.9 Å². The molecule has 0 bridgehead atoms. The number of rotatable bonds is 7. The normalized spacial score (nSPS) is 13.3. The van der Waals surface area contributed by atoms with Crippen molar-refractivity contribution in [3.05, 3.63) is 24.3 Å². The van der Waals surface area contributed by atoms with Crippen LogP contribution in [0.15, 0.2) is 29.2 Å². The van der Waals surface area contributed by atoms with Gasteiger partial charge in [0.2, 0.25) is 0 Å². The van der Waals surface area contributed by atoms with Crippen LogP contribution in [0, 0.1) is 0 Å². The van der Waals surface area contributed by atoms with E-state index in [0.717, 1.165) is 23.9 Å². The third-order valence-corrected chi connectivity index (χ3v) is 3.57. The molecule has 1 N–H and O–H groups in total.